The van der Waals surface area contributed by atoms with Gasteiger partial charge in [0.25, 0.3) is 0 Å². The number of aliphatic hydroxyl groups is 1. The van der Waals surface area contributed by atoms with E-state index in [0.717, 1.165) is 32.5 Å². The number of piperidine rings is 1. The molecule has 0 saturated carbocycles. The normalized spacial score (nSPS) is 16.9. The van der Waals surface area contributed by atoms with Crippen LogP contribution in [0.1, 0.15) is 24.0 Å². The SMILES string of the molecule is O=C(/C=C(\O)c1ccccc1)C1CCN(Cc2ccccc2)CC1. The van der Waals surface area contributed by atoms with Crippen LogP contribution < -0.4 is 0 Å². The second-order valence-corrected chi connectivity index (χ2v) is 6.33. The highest BCUT2D eigenvalue weighted by Gasteiger charge is 2.24. The Morgan fingerprint density at radius 1 is 1.00 bits per heavy atom. The standard InChI is InChI=1S/C21H23NO2/c23-20(18-9-5-2-6-10-18)15-21(24)19-11-13-22(14-12-19)16-17-7-3-1-4-8-17/h1-10,15,19,23H,11-14,16H2/b20-15-. The largest absolute Gasteiger partial charge is 0.507 e. The Morgan fingerprint density at radius 3 is 2.21 bits per heavy atom. The molecule has 1 saturated heterocycles. The fraction of sp³-hybridized carbons (Fsp3) is 0.286. The quantitative estimate of drug-likeness (QED) is 0.667. The molecule has 3 nitrogen and oxygen atoms in total. The first-order chi connectivity index (χ1) is 11.7. The average molecular weight is 321 g/mol. The zero-order chi connectivity index (χ0) is 16.8. The number of hydrogen-bond acceptors (Lipinski definition) is 3. The summed E-state index contributed by atoms with van der Waals surface area (Å²) >= 11 is 0. The van der Waals surface area contributed by atoms with Crippen LogP contribution in [0.15, 0.2) is 66.7 Å². The number of carbonyl (C=O) groups is 1. The maximum absolute atomic E-state index is 12.4. The minimum absolute atomic E-state index is 0.0166. The van der Waals surface area contributed by atoms with Gasteiger partial charge in [-0.2, -0.15) is 0 Å². The molecule has 0 bridgehead atoms. The summed E-state index contributed by atoms with van der Waals surface area (Å²) in [6.45, 7) is 2.78. The molecule has 0 atom stereocenters. The number of allylic oxidation sites excluding steroid dienone is 1. The molecule has 0 amide bonds. The molecule has 2 aromatic rings. The van der Waals surface area contributed by atoms with E-state index < -0.39 is 0 Å². The molecule has 0 aromatic heterocycles. The Morgan fingerprint density at radius 2 is 1.58 bits per heavy atom. The Balaban J connectivity index is 1.53. The summed E-state index contributed by atoms with van der Waals surface area (Å²) in [5.41, 5.74) is 2.00. The van der Waals surface area contributed by atoms with Gasteiger partial charge < -0.3 is 5.11 Å². The van der Waals surface area contributed by atoms with Crippen molar-refractivity contribution in [3.63, 3.8) is 0 Å². The molecule has 124 valence electrons. The first-order valence-corrected chi connectivity index (χ1v) is 8.48. The van der Waals surface area contributed by atoms with Crippen molar-refractivity contribution in [1.29, 1.82) is 0 Å². The van der Waals surface area contributed by atoms with Gasteiger partial charge in [0, 0.05) is 24.1 Å². The third kappa shape index (κ3) is 4.33. The molecule has 0 radical (unpaired) electrons. The minimum atomic E-state index is 0.0166. The highest BCUT2D eigenvalue weighted by atomic mass is 16.3. The van der Waals surface area contributed by atoms with Crippen LogP contribution in [0.25, 0.3) is 5.76 Å². The van der Waals surface area contributed by atoms with E-state index in [0.29, 0.717) is 5.56 Å². The van der Waals surface area contributed by atoms with Gasteiger partial charge >= 0.3 is 0 Å². The highest BCUT2D eigenvalue weighted by molar-refractivity contribution is 5.97. The van der Waals surface area contributed by atoms with Crippen molar-refractivity contribution in [3.8, 4) is 0 Å². The van der Waals surface area contributed by atoms with Gasteiger partial charge in [-0.3, -0.25) is 9.69 Å². The first-order valence-electron chi connectivity index (χ1n) is 8.48. The number of ketones is 1. The Hall–Kier alpha value is -2.39. The van der Waals surface area contributed by atoms with E-state index in [4.69, 9.17) is 0 Å². The van der Waals surface area contributed by atoms with Crippen LogP contribution in [-0.4, -0.2) is 28.9 Å². The molecule has 2 aromatic carbocycles. The fourth-order valence-electron chi connectivity index (χ4n) is 3.16. The molecular weight excluding hydrogens is 298 g/mol. The second-order valence-electron chi connectivity index (χ2n) is 6.33. The molecule has 3 rings (SSSR count). The molecule has 0 spiro atoms. The number of benzene rings is 2. The van der Waals surface area contributed by atoms with Crippen LogP contribution in [0.5, 0.6) is 0 Å². The number of carbonyl (C=O) groups excluding carboxylic acids is 1. The number of nitrogens with zero attached hydrogens (tertiary/aromatic N) is 1. The maximum Gasteiger partial charge on any atom is 0.162 e. The first kappa shape index (κ1) is 16.5. The average Bonchev–Trinajstić information content (AvgIpc) is 2.64. The summed E-state index contributed by atoms with van der Waals surface area (Å²) in [7, 11) is 0. The van der Waals surface area contributed by atoms with Crippen molar-refractivity contribution < 1.29 is 9.90 Å². The van der Waals surface area contributed by atoms with Crippen molar-refractivity contribution in [2.24, 2.45) is 5.92 Å². The summed E-state index contributed by atoms with van der Waals surface area (Å²) < 4.78 is 0. The lowest BCUT2D eigenvalue weighted by atomic mass is 9.91. The van der Waals surface area contributed by atoms with Gasteiger partial charge in [-0.1, -0.05) is 60.7 Å². The lowest BCUT2D eigenvalue weighted by Gasteiger charge is -2.30. The second kappa shape index (κ2) is 7.93. The smallest absolute Gasteiger partial charge is 0.162 e. The van der Waals surface area contributed by atoms with E-state index in [1.807, 2.05) is 36.4 Å². The predicted molar refractivity (Wildman–Crippen MR) is 96.5 cm³/mol. The molecule has 1 fully saturated rings. The third-order valence-electron chi connectivity index (χ3n) is 4.59. The van der Waals surface area contributed by atoms with Crippen LogP contribution in [0, 0.1) is 5.92 Å². The fourth-order valence-corrected chi connectivity index (χ4v) is 3.16. The van der Waals surface area contributed by atoms with Gasteiger partial charge in [0.1, 0.15) is 5.76 Å². The van der Waals surface area contributed by atoms with Crippen molar-refractivity contribution in [1.82, 2.24) is 4.90 Å². The predicted octanol–water partition coefficient (Wildman–Crippen LogP) is 4.07. The van der Waals surface area contributed by atoms with E-state index in [1.54, 1.807) is 0 Å². The number of hydrogen-bond donors (Lipinski definition) is 1. The van der Waals surface area contributed by atoms with Crippen LogP contribution in [0.4, 0.5) is 0 Å². The van der Waals surface area contributed by atoms with E-state index in [2.05, 4.69) is 29.2 Å². The zero-order valence-electron chi connectivity index (χ0n) is 13.8. The Bertz CT molecular complexity index is 686. The molecule has 24 heavy (non-hydrogen) atoms. The topological polar surface area (TPSA) is 40.5 Å². The monoisotopic (exact) mass is 321 g/mol. The number of likely N-dealkylation sites (tertiary alicyclic amines) is 1. The number of aliphatic hydroxyl groups excluding tert-OH is 1. The van der Waals surface area contributed by atoms with Gasteiger partial charge in [0.2, 0.25) is 0 Å². The minimum Gasteiger partial charge on any atom is -0.507 e. The molecule has 1 heterocycles. The van der Waals surface area contributed by atoms with Gasteiger partial charge in [-0.15, -0.1) is 0 Å². The molecule has 1 N–H and O–H groups in total. The molecule has 1 aliphatic rings. The van der Waals surface area contributed by atoms with Gasteiger partial charge in [0.15, 0.2) is 5.78 Å². The van der Waals surface area contributed by atoms with Gasteiger partial charge in [0.05, 0.1) is 0 Å². The zero-order valence-corrected chi connectivity index (χ0v) is 13.8. The number of rotatable bonds is 5. The Labute approximate surface area is 143 Å². The maximum atomic E-state index is 12.4. The van der Waals surface area contributed by atoms with E-state index >= 15 is 0 Å². The van der Waals surface area contributed by atoms with Crippen molar-refractivity contribution in [2.45, 2.75) is 19.4 Å². The Kier molecular flexibility index (Phi) is 5.44. The van der Waals surface area contributed by atoms with Gasteiger partial charge in [-0.25, -0.2) is 0 Å². The van der Waals surface area contributed by atoms with E-state index in [1.165, 1.54) is 11.6 Å². The summed E-state index contributed by atoms with van der Waals surface area (Å²) in [4.78, 5) is 14.8. The van der Waals surface area contributed by atoms with Gasteiger partial charge in [-0.05, 0) is 31.5 Å². The van der Waals surface area contributed by atoms with Crippen molar-refractivity contribution in [3.05, 3.63) is 77.9 Å². The van der Waals surface area contributed by atoms with Crippen LogP contribution >= 0.6 is 0 Å². The summed E-state index contributed by atoms with van der Waals surface area (Å²) in [5.74, 6) is 0.117. The molecular formula is C21H23NO2. The summed E-state index contributed by atoms with van der Waals surface area (Å²) in [6, 6.07) is 19.6. The van der Waals surface area contributed by atoms with Crippen molar-refractivity contribution >= 4 is 11.5 Å². The van der Waals surface area contributed by atoms with Crippen LogP contribution in [0.2, 0.25) is 0 Å². The molecule has 0 unspecified atom stereocenters. The van der Waals surface area contributed by atoms with Crippen LogP contribution in [0.3, 0.4) is 0 Å². The van der Waals surface area contributed by atoms with Crippen LogP contribution in [-0.2, 0) is 11.3 Å². The lowest BCUT2D eigenvalue weighted by molar-refractivity contribution is -0.119. The highest BCUT2D eigenvalue weighted by Crippen LogP contribution is 2.22. The lowest BCUT2D eigenvalue weighted by Crippen LogP contribution is -2.35. The molecule has 1 aliphatic heterocycles. The van der Waals surface area contributed by atoms with E-state index in [9.17, 15) is 9.90 Å². The summed E-state index contributed by atoms with van der Waals surface area (Å²) in [5, 5.41) is 10.1. The van der Waals surface area contributed by atoms with E-state index in [-0.39, 0.29) is 17.5 Å². The van der Waals surface area contributed by atoms with Crippen molar-refractivity contribution in [2.75, 3.05) is 13.1 Å². The third-order valence-corrected chi connectivity index (χ3v) is 4.59. The molecule has 0 aliphatic carbocycles. The summed E-state index contributed by atoms with van der Waals surface area (Å²) in [6.07, 6.45) is 3.10. The molecule has 3 heteroatoms.